The Morgan fingerprint density at radius 2 is 2.11 bits per heavy atom. The molecule has 0 aliphatic heterocycles. The Morgan fingerprint density at radius 3 is 2.85 bits per heavy atom. The van der Waals surface area contributed by atoms with Crippen LogP contribution in [0.5, 0.6) is 5.75 Å². The van der Waals surface area contributed by atoms with Crippen LogP contribution in [0.25, 0.3) is 0 Å². The van der Waals surface area contributed by atoms with Crippen LogP contribution in [0.3, 0.4) is 0 Å². The molecule has 138 valence electrons. The van der Waals surface area contributed by atoms with Gasteiger partial charge < -0.3 is 15.4 Å². The molecule has 2 heterocycles. The van der Waals surface area contributed by atoms with Crippen molar-refractivity contribution in [2.45, 2.75) is 18.8 Å². The normalized spacial score (nSPS) is 13.3. The van der Waals surface area contributed by atoms with Gasteiger partial charge in [-0.1, -0.05) is 0 Å². The monoisotopic (exact) mass is 429 g/mol. The van der Waals surface area contributed by atoms with Gasteiger partial charge in [0.05, 0.1) is 11.6 Å². The van der Waals surface area contributed by atoms with E-state index in [1.165, 1.54) is 20.0 Å². The summed E-state index contributed by atoms with van der Waals surface area (Å²) in [5, 5.41) is 16.5. The fourth-order valence-corrected chi connectivity index (χ4v) is 2.89. The number of benzene rings is 1. The quantitative estimate of drug-likeness (QED) is 0.464. The third kappa shape index (κ3) is 4.05. The van der Waals surface area contributed by atoms with Crippen LogP contribution in [0.15, 0.2) is 40.1 Å². The summed E-state index contributed by atoms with van der Waals surface area (Å²) >= 11 is 3.44. The van der Waals surface area contributed by atoms with Crippen LogP contribution in [0.4, 0.5) is 29.0 Å². The van der Waals surface area contributed by atoms with E-state index in [1.54, 1.807) is 24.4 Å². The standard InChI is InChI=1S/C17H16BrN7O2/c1-27-12-5-10(4-11(6-12)25-26)20-17-19-8-13(18)16(22-17)21-15-7-14(23-24-15)9-2-3-9/h4-9H,2-3H2,1H3,(H3,19,20,21,22,23,24). The Hall–Kier alpha value is -3.01. The molecule has 3 aromatic rings. The van der Waals surface area contributed by atoms with Gasteiger partial charge in [-0.05, 0) is 40.0 Å². The van der Waals surface area contributed by atoms with Gasteiger partial charge in [-0.3, -0.25) is 5.10 Å². The first-order valence-corrected chi connectivity index (χ1v) is 9.08. The summed E-state index contributed by atoms with van der Waals surface area (Å²) in [6, 6.07) is 6.85. The SMILES string of the molecule is COc1cc(N=O)cc(Nc2ncc(Br)c(Nc3cc(C4CC4)[nH]n3)n2)c1. The molecule has 4 rings (SSSR count). The summed E-state index contributed by atoms with van der Waals surface area (Å²) in [6.07, 6.45) is 4.03. The maximum absolute atomic E-state index is 10.8. The zero-order valence-electron chi connectivity index (χ0n) is 14.4. The van der Waals surface area contributed by atoms with Crippen molar-refractivity contribution < 1.29 is 4.74 Å². The van der Waals surface area contributed by atoms with Gasteiger partial charge in [0.1, 0.15) is 11.4 Å². The van der Waals surface area contributed by atoms with Gasteiger partial charge in [0, 0.05) is 41.7 Å². The van der Waals surface area contributed by atoms with Gasteiger partial charge >= 0.3 is 0 Å². The zero-order chi connectivity index (χ0) is 18.8. The van der Waals surface area contributed by atoms with E-state index in [2.05, 4.69) is 51.9 Å². The molecule has 1 aliphatic carbocycles. The molecule has 0 spiro atoms. The number of nitroso groups, excluding NO2 is 1. The minimum atomic E-state index is 0.247. The average molecular weight is 430 g/mol. The highest BCUT2D eigenvalue weighted by atomic mass is 79.9. The van der Waals surface area contributed by atoms with Gasteiger partial charge in [-0.2, -0.15) is 10.1 Å². The second-order valence-electron chi connectivity index (χ2n) is 6.13. The van der Waals surface area contributed by atoms with Crippen molar-refractivity contribution in [3.05, 3.63) is 45.5 Å². The molecule has 0 radical (unpaired) electrons. The highest BCUT2D eigenvalue weighted by Gasteiger charge is 2.25. The van der Waals surface area contributed by atoms with Crippen molar-refractivity contribution in [1.82, 2.24) is 20.2 Å². The summed E-state index contributed by atoms with van der Waals surface area (Å²) in [7, 11) is 1.52. The van der Waals surface area contributed by atoms with E-state index < -0.39 is 0 Å². The molecule has 1 aliphatic rings. The molecule has 1 saturated carbocycles. The van der Waals surface area contributed by atoms with Crippen LogP contribution in [0.2, 0.25) is 0 Å². The lowest BCUT2D eigenvalue weighted by Gasteiger charge is -2.10. The van der Waals surface area contributed by atoms with Gasteiger partial charge in [0.2, 0.25) is 5.95 Å². The predicted molar refractivity (Wildman–Crippen MR) is 105 cm³/mol. The Morgan fingerprint density at radius 1 is 1.26 bits per heavy atom. The predicted octanol–water partition coefficient (Wildman–Crippen LogP) is 4.73. The van der Waals surface area contributed by atoms with E-state index in [0.29, 0.717) is 39.4 Å². The zero-order valence-corrected chi connectivity index (χ0v) is 15.9. The number of rotatable bonds is 7. The van der Waals surface area contributed by atoms with Crippen LogP contribution in [-0.2, 0) is 0 Å². The minimum Gasteiger partial charge on any atom is -0.497 e. The molecule has 0 unspecified atom stereocenters. The fourth-order valence-electron chi connectivity index (χ4n) is 2.60. The first-order chi connectivity index (χ1) is 13.1. The third-order valence-corrected chi connectivity index (χ3v) is 4.67. The number of halogens is 1. The number of methoxy groups -OCH3 is 1. The second kappa shape index (κ2) is 7.31. The van der Waals surface area contributed by atoms with Crippen molar-refractivity contribution >= 4 is 44.9 Å². The van der Waals surface area contributed by atoms with Crippen LogP contribution < -0.4 is 15.4 Å². The number of aromatic amines is 1. The number of H-pyrrole nitrogens is 1. The van der Waals surface area contributed by atoms with Gasteiger partial charge in [-0.25, -0.2) is 4.98 Å². The lowest BCUT2D eigenvalue weighted by molar-refractivity contribution is 0.415. The minimum absolute atomic E-state index is 0.247. The molecule has 0 saturated heterocycles. The van der Waals surface area contributed by atoms with Crippen molar-refractivity contribution in [1.29, 1.82) is 0 Å². The molecular formula is C17H16BrN7O2. The Kier molecular flexibility index (Phi) is 4.71. The van der Waals surface area contributed by atoms with Crippen LogP contribution in [-0.4, -0.2) is 27.3 Å². The van der Waals surface area contributed by atoms with Crippen molar-refractivity contribution in [2.75, 3.05) is 17.7 Å². The Bertz CT molecular complexity index is 987. The number of hydrogen-bond donors (Lipinski definition) is 3. The summed E-state index contributed by atoms with van der Waals surface area (Å²) in [5.41, 5.74) is 1.97. The first kappa shape index (κ1) is 17.4. The molecule has 0 bridgehead atoms. The molecule has 27 heavy (non-hydrogen) atoms. The summed E-state index contributed by atoms with van der Waals surface area (Å²) in [4.78, 5) is 19.5. The molecule has 3 N–H and O–H groups in total. The number of nitrogens with zero attached hydrogens (tertiary/aromatic N) is 4. The van der Waals surface area contributed by atoms with Crippen LogP contribution in [0.1, 0.15) is 24.5 Å². The van der Waals surface area contributed by atoms with E-state index in [0.717, 1.165) is 5.69 Å². The number of ether oxygens (including phenoxy) is 1. The molecule has 10 heteroatoms. The Labute approximate surface area is 163 Å². The summed E-state index contributed by atoms with van der Waals surface area (Å²) < 4.78 is 5.87. The third-order valence-electron chi connectivity index (χ3n) is 4.09. The highest BCUT2D eigenvalue weighted by molar-refractivity contribution is 9.10. The first-order valence-electron chi connectivity index (χ1n) is 8.29. The van der Waals surface area contributed by atoms with E-state index in [1.807, 2.05) is 6.07 Å². The maximum Gasteiger partial charge on any atom is 0.229 e. The summed E-state index contributed by atoms with van der Waals surface area (Å²) in [6.45, 7) is 0. The lowest BCUT2D eigenvalue weighted by atomic mass is 10.2. The molecule has 1 aromatic carbocycles. The number of anilines is 4. The molecule has 0 amide bonds. The van der Waals surface area contributed by atoms with Gasteiger partial charge in [-0.15, -0.1) is 4.91 Å². The topological polar surface area (TPSA) is 117 Å². The van der Waals surface area contributed by atoms with Crippen molar-refractivity contribution in [2.24, 2.45) is 5.18 Å². The number of aromatic nitrogens is 4. The van der Waals surface area contributed by atoms with Gasteiger partial charge in [0.25, 0.3) is 0 Å². The Balaban J connectivity index is 1.55. The van der Waals surface area contributed by atoms with E-state index in [-0.39, 0.29) is 5.69 Å². The van der Waals surface area contributed by atoms with E-state index in [4.69, 9.17) is 4.74 Å². The van der Waals surface area contributed by atoms with Crippen LogP contribution >= 0.6 is 15.9 Å². The molecular weight excluding hydrogens is 414 g/mol. The largest absolute Gasteiger partial charge is 0.497 e. The van der Waals surface area contributed by atoms with Gasteiger partial charge in [0.15, 0.2) is 11.6 Å². The van der Waals surface area contributed by atoms with Crippen molar-refractivity contribution in [3.8, 4) is 5.75 Å². The van der Waals surface area contributed by atoms with E-state index in [9.17, 15) is 4.91 Å². The number of hydrogen-bond acceptors (Lipinski definition) is 8. The molecule has 9 nitrogen and oxygen atoms in total. The van der Waals surface area contributed by atoms with Crippen molar-refractivity contribution in [3.63, 3.8) is 0 Å². The fraction of sp³-hybridized carbons (Fsp3) is 0.235. The molecule has 2 aromatic heterocycles. The van der Waals surface area contributed by atoms with Crippen LogP contribution in [0, 0.1) is 4.91 Å². The number of nitrogens with one attached hydrogen (secondary N) is 3. The maximum atomic E-state index is 10.8. The molecule has 1 fully saturated rings. The smallest absolute Gasteiger partial charge is 0.229 e. The summed E-state index contributed by atoms with van der Waals surface area (Å²) in [5.74, 6) is 2.71. The van der Waals surface area contributed by atoms with E-state index >= 15 is 0 Å². The lowest BCUT2D eigenvalue weighted by Crippen LogP contribution is -2.02. The average Bonchev–Trinajstić information content (AvgIpc) is 3.43. The molecule has 0 atom stereocenters. The highest BCUT2D eigenvalue weighted by Crippen LogP contribution is 2.39. The second-order valence-corrected chi connectivity index (χ2v) is 6.99.